The Morgan fingerprint density at radius 1 is 1.55 bits per heavy atom. The number of hydrogen-bond acceptors (Lipinski definition) is 4. The lowest BCUT2D eigenvalue weighted by Gasteiger charge is -2.25. The maximum atomic E-state index is 9.32. The van der Waals surface area contributed by atoms with Gasteiger partial charge in [-0.3, -0.25) is 0 Å². The van der Waals surface area contributed by atoms with Crippen LogP contribution in [0, 0.1) is 5.92 Å². The van der Waals surface area contributed by atoms with Gasteiger partial charge in [0.15, 0.2) is 6.10 Å². The van der Waals surface area contributed by atoms with Gasteiger partial charge in [0.05, 0.1) is 0 Å². The second-order valence-electron chi connectivity index (χ2n) is 3.03. The first-order chi connectivity index (χ1) is 5.27. The van der Waals surface area contributed by atoms with Crippen LogP contribution in [0.15, 0.2) is 5.16 Å². The van der Waals surface area contributed by atoms with Crippen molar-refractivity contribution in [3.8, 4) is 0 Å². The highest BCUT2D eigenvalue weighted by Gasteiger charge is 2.41. The Bertz CT molecular complexity index is 188. The Hall–Kier alpha value is -0.770. The lowest BCUT2D eigenvalue weighted by atomic mass is 10.2. The zero-order valence-corrected chi connectivity index (χ0v) is 6.36. The molecule has 0 aromatic carbocycles. The molecule has 62 valence electrons. The second-order valence-corrected chi connectivity index (χ2v) is 3.03. The van der Waals surface area contributed by atoms with Crippen LogP contribution in [-0.2, 0) is 9.57 Å². The Morgan fingerprint density at radius 3 is 2.82 bits per heavy atom. The van der Waals surface area contributed by atoms with E-state index in [1.54, 1.807) is 6.92 Å². The summed E-state index contributed by atoms with van der Waals surface area (Å²) in [5.41, 5.74) is 0. The van der Waals surface area contributed by atoms with Crippen molar-refractivity contribution in [1.82, 2.24) is 0 Å². The van der Waals surface area contributed by atoms with Gasteiger partial charge in [-0.2, -0.15) is 0 Å². The topological polar surface area (TPSA) is 51.0 Å². The van der Waals surface area contributed by atoms with Crippen molar-refractivity contribution in [2.75, 3.05) is 0 Å². The maximum Gasteiger partial charge on any atom is 0.239 e. The molecule has 0 aromatic rings. The van der Waals surface area contributed by atoms with Crippen molar-refractivity contribution < 1.29 is 14.7 Å². The number of aliphatic hydroxyl groups is 1. The molecule has 1 saturated carbocycles. The molecular weight excluding hydrogens is 146 g/mol. The predicted octanol–water partition coefficient (Wildman–Crippen LogP) is 0.464. The minimum Gasteiger partial charge on any atom is -0.445 e. The number of ether oxygens (including phenoxy) is 1. The first kappa shape index (κ1) is 6.91. The standard InChI is InChI=1S/C7H11NO3/c1-4-8-11-6(5-2-3-5)7(9)10-4/h5-7,9H,2-3H2,1H3. The number of nitrogens with zero attached hydrogens (tertiary/aromatic N) is 1. The third kappa shape index (κ3) is 1.30. The first-order valence-corrected chi connectivity index (χ1v) is 3.82. The monoisotopic (exact) mass is 157 g/mol. The average molecular weight is 157 g/mol. The molecule has 1 aliphatic carbocycles. The predicted molar refractivity (Wildman–Crippen MR) is 37.8 cm³/mol. The summed E-state index contributed by atoms with van der Waals surface area (Å²) < 4.78 is 4.98. The Labute approximate surface area is 64.8 Å². The molecule has 1 fully saturated rings. The number of hydrogen-bond donors (Lipinski definition) is 1. The van der Waals surface area contributed by atoms with E-state index in [-0.39, 0.29) is 6.10 Å². The molecule has 1 N–H and O–H groups in total. The van der Waals surface area contributed by atoms with Crippen molar-refractivity contribution in [2.24, 2.45) is 11.1 Å². The van der Waals surface area contributed by atoms with Gasteiger partial charge < -0.3 is 14.7 Å². The largest absolute Gasteiger partial charge is 0.445 e. The Kier molecular flexibility index (Phi) is 1.49. The summed E-state index contributed by atoms with van der Waals surface area (Å²) in [6.07, 6.45) is 1.16. The van der Waals surface area contributed by atoms with E-state index >= 15 is 0 Å². The zero-order valence-electron chi connectivity index (χ0n) is 6.36. The van der Waals surface area contributed by atoms with Gasteiger partial charge in [-0.15, -0.1) is 0 Å². The number of rotatable bonds is 1. The molecule has 2 rings (SSSR count). The van der Waals surface area contributed by atoms with Crippen LogP contribution in [0.2, 0.25) is 0 Å². The van der Waals surface area contributed by atoms with Crippen LogP contribution in [0.25, 0.3) is 0 Å². The Balaban J connectivity index is 2.01. The lowest BCUT2D eigenvalue weighted by molar-refractivity contribution is -0.167. The fourth-order valence-electron chi connectivity index (χ4n) is 1.19. The molecule has 0 bridgehead atoms. The molecule has 0 saturated heterocycles. The van der Waals surface area contributed by atoms with Crippen LogP contribution in [0.1, 0.15) is 19.8 Å². The Morgan fingerprint density at radius 2 is 2.27 bits per heavy atom. The summed E-state index contributed by atoms with van der Waals surface area (Å²) in [4.78, 5) is 5.04. The van der Waals surface area contributed by atoms with Gasteiger partial charge in [0.1, 0.15) is 0 Å². The third-order valence-electron chi connectivity index (χ3n) is 1.96. The van der Waals surface area contributed by atoms with Crippen molar-refractivity contribution in [3.63, 3.8) is 0 Å². The van der Waals surface area contributed by atoms with Crippen LogP contribution in [0.5, 0.6) is 0 Å². The zero-order chi connectivity index (χ0) is 7.84. The number of aliphatic hydroxyl groups excluding tert-OH is 1. The molecule has 1 heterocycles. The van der Waals surface area contributed by atoms with Crippen LogP contribution >= 0.6 is 0 Å². The third-order valence-corrected chi connectivity index (χ3v) is 1.96. The maximum absolute atomic E-state index is 9.32. The van der Waals surface area contributed by atoms with E-state index in [1.807, 2.05) is 0 Å². The highest BCUT2D eigenvalue weighted by molar-refractivity contribution is 5.72. The highest BCUT2D eigenvalue weighted by Crippen LogP contribution is 2.37. The van der Waals surface area contributed by atoms with Gasteiger partial charge in [-0.25, -0.2) is 0 Å². The summed E-state index contributed by atoms with van der Waals surface area (Å²) in [6, 6.07) is 0. The summed E-state index contributed by atoms with van der Waals surface area (Å²) in [6.45, 7) is 1.66. The summed E-state index contributed by atoms with van der Waals surface area (Å²) in [5, 5.41) is 13.0. The fraction of sp³-hybridized carbons (Fsp3) is 0.857. The van der Waals surface area contributed by atoms with Gasteiger partial charge >= 0.3 is 0 Å². The second kappa shape index (κ2) is 2.37. The number of oxime groups is 1. The minimum absolute atomic E-state index is 0.237. The molecule has 1 aliphatic heterocycles. The fourth-order valence-corrected chi connectivity index (χ4v) is 1.19. The van der Waals surface area contributed by atoms with Crippen LogP contribution < -0.4 is 0 Å². The van der Waals surface area contributed by atoms with Crippen LogP contribution in [-0.4, -0.2) is 23.4 Å². The van der Waals surface area contributed by atoms with Crippen molar-refractivity contribution in [2.45, 2.75) is 32.2 Å². The molecule has 0 amide bonds. The first-order valence-electron chi connectivity index (χ1n) is 3.82. The van der Waals surface area contributed by atoms with Gasteiger partial charge in [0.2, 0.25) is 12.2 Å². The van der Waals surface area contributed by atoms with Gasteiger partial charge in [-0.05, 0) is 12.8 Å². The van der Waals surface area contributed by atoms with Crippen LogP contribution in [0.4, 0.5) is 0 Å². The van der Waals surface area contributed by atoms with Crippen molar-refractivity contribution >= 4 is 5.90 Å². The summed E-state index contributed by atoms with van der Waals surface area (Å²) in [7, 11) is 0. The van der Waals surface area contributed by atoms with Gasteiger partial charge in [0.25, 0.3) is 0 Å². The van der Waals surface area contributed by atoms with Gasteiger partial charge in [-0.1, -0.05) is 5.16 Å². The molecule has 2 aliphatic rings. The van der Waals surface area contributed by atoms with E-state index in [4.69, 9.17) is 9.57 Å². The molecule has 0 aromatic heterocycles. The molecule has 4 heteroatoms. The van der Waals surface area contributed by atoms with E-state index in [9.17, 15) is 5.11 Å². The van der Waals surface area contributed by atoms with Crippen molar-refractivity contribution in [1.29, 1.82) is 0 Å². The minimum atomic E-state index is -0.819. The van der Waals surface area contributed by atoms with Gasteiger partial charge in [0, 0.05) is 12.8 Å². The average Bonchev–Trinajstić information content (AvgIpc) is 2.70. The smallest absolute Gasteiger partial charge is 0.239 e. The highest BCUT2D eigenvalue weighted by atomic mass is 16.7. The van der Waals surface area contributed by atoms with E-state index in [1.165, 1.54) is 0 Å². The van der Waals surface area contributed by atoms with E-state index in [0.29, 0.717) is 11.8 Å². The molecule has 0 spiro atoms. The van der Waals surface area contributed by atoms with Crippen molar-refractivity contribution in [3.05, 3.63) is 0 Å². The SMILES string of the molecule is CC1=NOC(C2CC2)C(O)O1. The van der Waals surface area contributed by atoms with E-state index in [2.05, 4.69) is 5.16 Å². The molecule has 2 atom stereocenters. The normalized spacial score (nSPS) is 37.1. The quantitative estimate of drug-likeness (QED) is 0.601. The lowest BCUT2D eigenvalue weighted by Crippen LogP contribution is -2.37. The summed E-state index contributed by atoms with van der Waals surface area (Å²) >= 11 is 0. The van der Waals surface area contributed by atoms with E-state index in [0.717, 1.165) is 12.8 Å². The van der Waals surface area contributed by atoms with Crippen LogP contribution in [0.3, 0.4) is 0 Å². The van der Waals surface area contributed by atoms with E-state index < -0.39 is 6.29 Å². The molecule has 4 nitrogen and oxygen atoms in total. The summed E-state index contributed by atoms with van der Waals surface area (Å²) in [5.74, 6) is 0.844. The molecule has 0 radical (unpaired) electrons. The molecular formula is C7H11NO3. The molecule has 2 unspecified atom stereocenters. The molecule has 11 heavy (non-hydrogen) atoms.